The molecule has 2 N–H and O–H groups in total. The maximum absolute atomic E-state index is 12.0. The Morgan fingerprint density at radius 2 is 1.93 bits per heavy atom. The molecule has 3 heterocycles. The van der Waals surface area contributed by atoms with Crippen molar-refractivity contribution in [3.05, 3.63) is 42.1 Å². The smallest absolute Gasteiger partial charge is 0.287 e. The maximum Gasteiger partial charge on any atom is 0.287 e. The molecule has 1 aliphatic rings. The van der Waals surface area contributed by atoms with Gasteiger partial charge in [-0.3, -0.25) is 9.79 Å². The highest BCUT2D eigenvalue weighted by atomic mass is 127. The van der Waals surface area contributed by atoms with Gasteiger partial charge in [0.15, 0.2) is 11.7 Å². The molecule has 10 heteroatoms. The summed E-state index contributed by atoms with van der Waals surface area (Å²) in [5.41, 5.74) is 0.843. The van der Waals surface area contributed by atoms with Crippen molar-refractivity contribution in [1.82, 2.24) is 25.5 Å². The Hall–Kier alpha value is -2.37. The molecule has 2 aromatic heterocycles. The first-order chi connectivity index (χ1) is 14.2. The molecule has 0 atom stereocenters. The average molecular weight is 527 g/mol. The summed E-state index contributed by atoms with van der Waals surface area (Å²) < 4.78 is 5.20. The number of aromatic nitrogens is 2. The number of anilines is 1. The lowest BCUT2D eigenvalue weighted by Gasteiger charge is -2.36. The van der Waals surface area contributed by atoms with Crippen molar-refractivity contribution in [2.45, 2.75) is 20.3 Å². The second-order valence-corrected chi connectivity index (χ2v) is 6.80. The number of nitrogens with zero attached hydrogens (tertiary/aromatic N) is 5. The average Bonchev–Trinajstić information content (AvgIpc) is 3.19. The van der Waals surface area contributed by atoms with Crippen LogP contribution < -0.4 is 15.5 Å². The van der Waals surface area contributed by atoms with Crippen LogP contribution in [0.3, 0.4) is 0 Å². The molecule has 9 nitrogen and oxygen atoms in total. The van der Waals surface area contributed by atoms with E-state index >= 15 is 0 Å². The van der Waals surface area contributed by atoms with Gasteiger partial charge in [0, 0.05) is 63.8 Å². The fourth-order valence-electron chi connectivity index (χ4n) is 3.15. The third-order valence-corrected chi connectivity index (χ3v) is 4.70. The number of furan rings is 1. The van der Waals surface area contributed by atoms with E-state index in [1.165, 1.54) is 6.26 Å². The van der Waals surface area contributed by atoms with Crippen molar-refractivity contribution in [3.8, 4) is 0 Å². The Kier molecular flexibility index (Phi) is 9.84. The molecule has 0 radical (unpaired) electrons. The minimum atomic E-state index is -0.178. The molecule has 164 valence electrons. The van der Waals surface area contributed by atoms with Crippen LogP contribution in [0.2, 0.25) is 0 Å². The van der Waals surface area contributed by atoms with Crippen molar-refractivity contribution >= 4 is 41.8 Å². The summed E-state index contributed by atoms with van der Waals surface area (Å²) in [6.45, 7) is 9.36. The number of amides is 1. The number of aliphatic imine (C=N–C) groups is 1. The molecule has 0 bridgehead atoms. The molecule has 1 amide bonds. The monoisotopic (exact) mass is 527 g/mol. The van der Waals surface area contributed by atoms with Gasteiger partial charge in [0.05, 0.1) is 6.26 Å². The first kappa shape index (κ1) is 23.9. The molecule has 0 aliphatic carbocycles. The van der Waals surface area contributed by atoms with E-state index in [1.807, 2.05) is 13.0 Å². The number of nitrogens with one attached hydrogen (secondary N) is 2. The number of hydrogen-bond donors (Lipinski definition) is 2. The third-order valence-electron chi connectivity index (χ3n) is 4.70. The number of carbonyl (C=O) groups excluding carboxylic acids is 1. The predicted molar refractivity (Wildman–Crippen MR) is 128 cm³/mol. The second-order valence-electron chi connectivity index (χ2n) is 6.80. The normalized spacial score (nSPS) is 14.3. The van der Waals surface area contributed by atoms with E-state index in [0.29, 0.717) is 18.8 Å². The topological polar surface area (TPSA) is 98.9 Å². The first-order valence-electron chi connectivity index (χ1n) is 10.1. The van der Waals surface area contributed by atoms with Crippen molar-refractivity contribution in [2.24, 2.45) is 4.99 Å². The zero-order chi connectivity index (χ0) is 20.5. The molecule has 0 saturated carbocycles. The number of halogens is 1. The molecular weight excluding hydrogens is 497 g/mol. The first-order valence-corrected chi connectivity index (χ1v) is 10.1. The van der Waals surface area contributed by atoms with E-state index in [-0.39, 0.29) is 29.9 Å². The summed E-state index contributed by atoms with van der Waals surface area (Å²) in [5.74, 6) is 1.88. The van der Waals surface area contributed by atoms with Gasteiger partial charge in [-0.25, -0.2) is 9.97 Å². The summed E-state index contributed by atoms with van der Waals surface area (Å²) in [6.07, 6.45) is 5.83. The van der Waals surface area contributed by atoms with Crippen LogP contribution in [0.1, 0.15) is 29.5 Å². The van der Waals surface area contributed by atoms with Gasteiger partial charge in [-0.1, -0.05) is 0 Å². The summed E-state index contributed by atoms with van der Waals surface area (Å²) in [7, 11) is 0. The van der Waals surface area contributed by atoms with E-state index in [0.717, 1.165) is 56.6 Å². The Labute approximate surface area is 194 Å². The lowest BCUT2D eigenvalue weighted by Crippen LogP contribution is -2.53. The Balaban J connectivity index is 0.00000320. The molecule has 2 aromatic rings. The highest BCUT2D eigenvalue weighted by Gasteiger charge is 2.21. The molecule has 0 unspecified atom stereocenters. The van der Waals surface area contributed by atoms with Gasteiger partial charge in [0.1, 0.15) is 0 Å². The van der Waals surface area contributed by atoms with E-state index in [4.69, 9.17) is 9.41 Å². The minimum Gasteiger partial charge on any atom is -0.459 e. The zero-order valence-electron chi connectivity index (χ0n) is 17.5. The standard InChI is InChI=1S/C20H29N7O2.HI/c1-3-21-19(23-8-4-7-22-18(28)17-16(2)6-15-29-17)26-11-13-27(14-12-26)20-24-9-5-10-25-20;/h5-6,9-10,15H,3-4,7-8,11-14H2,1-2H3,(H,21,23)(H,22,28);1H. The van der Waals surface area contributed by atoms with Crippen molar-refractivity contribution in [2.75, 3.05) is 50.7 Å². The number of rotatable bonds is 7. The van der Waals surface area contributed by atoms with Crippen molar-refractivity contribution in [1.29, 1.82) is 0 Å². The number of hydrogen-bond acceptors (Lipinski definition) is 6. The molecular formula is C20H30IN7O2. The van der Waals surface area contributed by atoms with E-state index < -0.39 is 0 Å². The van der Waals surface area contributed by atoms with E-state index in [9.17, 15) is 4.79 Å². The highest BCUT2D eigenvalue weighted by Crippen LogP contribution is 2.10. The van der Waals surface area contributed by atoms with Crippen LogP contribution >= 0.6 is 24.0 Å². The summed E-state index contributed by atoms with van der Waals surface area (Å²) >= 11 is 0. The van der Waals surface area contributed by atoms with Crippen LogP contribution in [0.5, 0.6) is 0 Å². The number of carbonyl (C=O) groups is 1. The number of piperazine rings is 1. The van der Waals surface area contributed by atoms with Crippen LogP contribution in [-0.2, 0) is 0 Å². The second kappa shape index (κ2) is 12.4. The van der Waals surface area contributed by atoms with E-state index in [1.54, 1.807) is 18.5 Å². The maximum atomic E-state index is 12.0. The Bertz CT molecular complexity index is 804. The summed E-state index contributed by atoms with van der Waals surface area (Å²) in [5, 5.41) is 6.24. The van der Waals surface area contributed by atoms with Gasteiger partial charge in [-0.2, -0.15) is 0 Å². The Morgan fingerprint density at radius 1 is 1.20 bits per heavy atom. The fourth-order valence-corrected chi connectivity index (χ4v) is 3.15. The quantitative estimate of drug-likeness (QED) is 0.246. The van der Waals surface area contributed by atoms with Gasteiger partial charge < -0.3 is 24.9 Å². The Morgan fingerprint density at radius 3 is 2.57 bits per heavy atom. The highest BCUT2D eigenvalue weighted by molar-refractivity contribution is 14.0. The minimum absolute atomic E-state index is 0. The van der Waals surface area contributed by atoms with Crippen LogP contribution in [0.4, 0.5) is 5.95 Å². The van der Waals surface area contributed by atoms with Gasteiger partial charge in [0.2, 0.25) is 5.95 Å². The van der Waals surface area contributed by atoms with Crippen molar-refractivity contribution < 1.29 is 9.21 Å². The van der Waals surface area contributed by atoms with Crippen molar-refractivity contribution in [3.63, 3.8) is 0 Å². The lowest BCUT2D eigenvalue weighted by atomic mass is 10.2. The van der Waals surface area contributed by atoms with E-state index in [2.05, 4.69) is 37.3 Å². The summed E-state index contributed by atoms with van der Waals surface area (Å²) in [4.78, 5) is 29.9. The van der Waals surface area contributed by atoms with Gasteiger partial charge in [-0.15, -0.1) is 24.0 Å². The third kappa shape index (κ3) is 6.57. The van der Waals surface area contributed by atoms with Gasteiger partial charge in [-0.05, 0) is 32.4 Å². The molecule has 3 rings (SSSR count). The SMILES string of the molecule is CCNC(=NCCCNC(=O)c1occc1C)N1CCN(c2ncccn2)CC1.I. The van der Waals surface area contributed by atoms with Crippen LogP contribution in [0.15, 0.2) is 40.2 Å². The number of guanidine groups is 1. The van der Waals surface area contributed by atoms with Crippen LogP contribution in [0, 0.1) is 6.92 Å². The van der Waals surface area contributed by atoms with Crippen LogP contribution in [-0.4, -0.2) is 72.5 Å². The summed E-state index contributed by atoms with van der Waals surface area (Å²) in [6, 6.07) is 3.61. The number of aryl methyl sites for hydroxylation is 1. The molecule has 1 fully saturated rings. The molecule has 1 aliphatic heterocycles. The molecule has 30 heavy (non-hydrogen) atoms. The zero-order valence-corrected chi connectivity index (χ0v) is 19.8. The predicted octanol–water partition coefficient (Wildman–Crippen LogP) is 1.90. The van der Waals surface area contributed by atoms with Gasteiger partial charge >= 0.3 is 0 Å². The molecule has 0 spiro atoms. The largest absolute Gasteiger partial charge is 0.459 e. The lowest BCUT2D eigenvalue weighted by molar-refractivity contribution is 0.0925. The molecule has 0 aromatic carbocycles. The van der Waals surface area contributed by atoms with Gasteiger partial charge in [0.25, 0.3) is 5.91 Å². The fraction of sp³-hybridized carbons (Fsp3) is 0.500. The van der Waals surface area contributed by atoms with Crippen LogP contribution in [0.25, 0.3) is 0 Å². The molecule has 1 saturated heterocycles.